The molecule has 26 heavy (non-hydrogen) atoms. The molecule has 0 bridgehead atoms. The van der Waals surface area contributed by atoms with Gasteiger partial charge in [0.1, 0.15) is 13.3 Å². The molecular weight excluding hydrogens is 352 g/mol. The van der Waals surface area contributed by atoms with Gasteiger partial charge in [-0.05, 0) is 23.8 Å². The van der Waals surface area contributed by atoms with E-state index >= 15 is 0 Å². The van der Waals surface area contributed by atoms with Crippen LogP contribution in [0, 0.1) is 10.1 Å². The number of non-ortho nitro benzene ring substituents is 1. The van der Waals surface area contributed by atoms with E-state index < -0.39 is 4.92 Å². The number of aromatic nitrogens is 1. The van der Waals surface area contributed by atoms with Crippen LogP contribution in [0.1, 0.15) is 5.56 Å². The Balaban J connectivity index is 1.66. The van der Waals surface area contributed by atoms with Crippen LogP contribution in [-0.2, 0) is 6.67 Å². The van der Waals surface area contributed by atoms with Crippen molar-refractivity contribution < 1.29 is 4.92 Å². The molecule has 1 aliphatic heterocycles. The van der Waals surface area contributed by atoms with E-state index in [0.717, 1.165) is 11.3 Å². The van der Waals surface area contributed by atoms with Crippen molar-refractivity contribution in [1.82, 2.24) is 4.57 Å². The Morgan fingerprint density at radius 3 is 2.54 bits per heavy atom. The van der Waals surface area contributed by atoms with Crippen LogP contribution in [0.5, 0.6) is 0 Å². The minimum atomic E-state index is -0.433. The molecule has 0 amide bonds. The predicted molar refractivity (Wildman–Crippen MR) is 99.8 cm³/mol. The van der Waals surface area contributed by atoms with Gasteiger partial charge in [0, 0.05) is 17.8 Å². The highest BCUT2D eigenvalue weighted by Crippen LogP contribution is 2.20. The summed E-state index contributed by atoms with van der Waals surface area (Å²) in [6, 6.07) is 15.9. The number of nitrogens with zero attached hydrogens (tertiary/aromatic N) is 4. The van der Waals surface area contributed by atoms with Gasteiger partial charge >= 0.3 is 0 Å². The van der Waals surface area contributed by atoms with Gasteiger partial charge < -0.3 is 4.90 Å². The SMILES string of the molecule is O=c1/c(=C\c2ccccc2)sc2n1CN(c1ccc([N+](=O)[O-])cc1)CN=2. The number of benzene rings is 2. The third-order valence-electron chi connectivity index (χ3n) is 4.10. The number of hydrogen-bond donors (Lipinski definition) is 0. The van der Waals surface area contributed by atoms with E-state index in [0.29, 0.717) is 22.7 Å². The van der Waals surface area contributed by atoms with Gasteiger partial charge in [0.25, 0.3) is 11.2 Å². The lowest BCUT2D eigenvalue weighted by atomic mass is 10.2. The standard InChI is InChI=1S/C18H14N4O3S/c23-17-16(10-13-4-2-1-3-5-13)26-18-19-11-20(12-21(17)18)14-6-8-15(9-7-14)22(24)25/h1-10H,11-12H2/b16-10+. The number of rotatable bonds is 3. The van der Waals surface area contributed by atoms with Gasteiger partial charge in [0.2, 0.25) is 0 Å². The van der Waals surface area contributed by atoms with Gasteiger partial charge in [-0.2, -0.15) is 0 Å². The first-order valence-corrected chi connectivity index (χ1v) is 8.74. The Morgan fingerprint density at radius 1 is 1.12 bits per heavy atom. The summed E-state index contributed by atoms with van der Waals surface area (Å²) in [6.07, 6.45) is 1.87. The van der Waals surface area contributed by atoms with Crippen molar-refractivity contribution in [3.05, 3.63) is 90.0 Å². The zero-order valence-corrected chi connectivity index (χ0v) is 14.4. The molecule has 0 fully saturated rings. The van der Waals surface area contributed by atoms with E-state index in [9.17, 15) is 14.9 Å². The molecule has 0 unspecified atom stereocenters. The minimum absolute atomic E-state index is 0.0378. The number of nitro groups is 1. The molecule has 0 N–H and O–H groups in total. The Morgan fingerprint density at radius 2 is 1.85 bits per heavy atom. The molecule has 1 aliphatic rings. The van der Waals surface area contributed by atoms with Crippen LogP contribution in [0.4, 0.5) is 11.4 Å². The monoisotopic (exact) mass is 366 g/mol. The van der Waals surface area contributed by atoms with E-state index in [1.54, 1.807) is 16.7 Å². The molecule has 0 aliphatic carbocycles. The quantitative estimate of drug-likeness (QED) is 0.522. The summed E-state index contributed by atoms with van der Waals surface area (Å²) in [7, 11) is 0. The van der Waals surface area contributed by atoms with E-state index in [4.69, 9.17) is 0 Å². The predicted octanol–water partition coefficient (Wildman–Crippen LogP) is 1.70. The Hall–Kier alpha value is -3.26. The van der Waals surface area contributed by atoms with Crippen molar-refractivity contribution in [1.29, 1.82) is 0 Å². The largest absolute Gasteiger partial charge is 0.334 e. The molecule has 0 saturated carbocycles. The van der Waals surface area contributed by atoms with Crippen molar-refractivity contribution in [3.8, 4) is 0 Å². The van der Waals surface area contributed by atoms with Crippen molar-refractivity contribution >= 4 is 28.8 Å². The molecule has 2 heterocycles. The maximum atomic E-state index is 12.7. The fourth-order valence-corrected chi connectivity index (χ4v) is 3.72. The topological polar surface area (TPSA) is 80.7 Å². The second-order valence-electron chi connectivity index (χ2n) is 5.79. The Bertz CT molecular complexity index is 1130. The molecule has 7 nitrogen and oxygen atoms in total. The summed E-state index contributed by atoms with van der Waals surface area (Å²) < 4.78 is 2.27. The van der Waals surface area contributed by atoms with Crippen LogP contribution in [0.15, 0.2) is 64.4 Å². The van der Waals surface area contributed by atoms with Crippen molar-refractivity contribution in [2.45, 2.75) is 6.67 Å². The normalized spacial score (nSPS) is 14.0. The molecule has 0 saturated heterocycles. The first kappa shape index (κ1) is 16.2. The van der Waals surface area contributed by atoms with Crippen LogP contribution in [0.2, 0.25) is 0 Å². The van der Waals surface area contributed by atoms with Crippen molar-refractivity contribution in [2.75, 3.05) is 11.6 Å². The number of nitro benzene ring substituents is 1. The Labute approximate surface area is 151 Å². The number of fused-ring (bicyclic) bond motifs is 1. The first-order chi connectivity index (χ1) is 12.6. The second kappa shape index (κ2) is 6.57. The summed E-state index contributed by atoms with van der Waals surface area (Å²) in [5.74, 6) is 0. The lowest BCUT2D eigenvalue weighted by molar-refractivity contribution is -0.384. The van der Waals surface area contributed by atoms with Crippen molar-refractivity contribution in [3.63, 3.8) is 0 Å². The minimum Gasteiger partial charge on any atom is -0.334 e. The molecule has 8 heteroatoms. The van der Waals surface area contributed by atoms with Crippen LogP contribution < -0.4 is 19.8 Å². The summed E-state index contributed by atoms with van der Waals surface area (Å²) in [4.78, 5) is 30.1. The summed E-state index contributed by atoms with van der Waals surface area (Å²) in [6.45, 7) is 0.775. The molecule has 4 rings (SSSR count). The summed E-state index contributed by atoms with van der Waals surface area (Å²) >= 11 is 1.37. The molecule has 0 radical (unpaired) electrons. The van der Waals surface area contributed by atoms with Gasteiger partial charge in [-0.1, -0.05) is 41.7 Å². The molecular formula is C18H14N4O3S. The maximum absolute atomic E-state index is 12.7. The smallest absolute Gasteiger partial charge is 0.271 e. The maximum Gasteiger partial charge on any atom is 0.271 e. The molecule has 3 aromatic rings. The average Bonchev–Trinajstić information content (AvgIpc) is 2.98. The van der Waals surface area contributed by atoms with Crippen molar-refractivity contribution in [2.24, 2.45) is 4.99 Å². The third kappa shape index (κ3) is 3.02. The lowest BCUT2D eigenvalue weighted by Crippen LogP contribution is -2.42. The van der Waals surface area contributed by atoms with Crippen LogP contribution in [-0.4, -0.2) is 16.2 Å². The van der Waals surface area contributed by atoms with Gasteiger partial charge in [0.15, 0.2) is 4.80 Å². The van der Waals surface area contributed by atoms with E-state index in [1.165, 1.54) is 23.5 Å². The molecule has 0 spiro atoms. The van der Waals surface area contributed by atoms with Gasteiger partial charge in [-0.25, -0.2) is 4.99 Å². The van der Waals surface area contributed by atoms with Gasteiger partial charge in [0.05, 0.1) is 9.46 Å². The lowest BCUT2D eigenvalue weighted by Gasteiger charge is -2.25. The highest BCUT2D eigenvalue weighted by molar-refractivity contribution is 7.07. The average molecular weight is 366 g/mol. The summed E-state index contributed by atoms with van der Waals surface area (Å²) in [5.41, 5.74) is 1.72. The molecule has 2 aromatic carbocycles. The number of anilines is 1. The zero-order valence-electron chi connectivity index (χ0n) is 13.6. The third-order valence-corrected chi connectivity index (χ3v) is 5.14. The van der Waals surface area contributed by atoms with Crippen LogP contribution in [0.3, 0.4) is 0 Å². The molecule has 0 atom stereocenters. The van der Waals surface area contributed by atoms with Crippen LogP contribution in [0.25, 0.3) is 6.08 Å². The molecule has 1 aromatic heterocycles. The fraction of sp³-hybridized carbons (Fsp3) is 0.111. The molecule has 130 valence electrons. The second-order valence-corrected chi connectivity index (χ2v) is 6.80. The zero-order chi connectivity index (χ0) is 18.1. The fourth-order valence-electron chi connectivity index (χ4n) is 2.76. The van der Waals surface area contributed by atoms with E-state index in [1.807, 2.05) is 41.3 Å². The van der Waals surface area contributed by atoms with Crippen LogP contribution >= 0.6 is 11.3 Å². The first-order valence-electron chi connectivity index (χ1n) is 7.92. The highest BCUT2D eigenvalue weighted by Gasteiger charge is 2.16. The summed E-state index contributed by atoms with van der Waals surface area (Å²) in [5, 5.41) is 10.8. The van der Waals surface area contributed by atoms with E-state index in [-0.39, 0.29) is 11.2 Å². The Kier molecular flexibility index (Phi) is 4.10. The van der Waals surface area contributed by atoms with E-state index in [2.05, 4.69) is 4.99 Å². The number of hydrogen-bond acceptors (Lipinski definition) is 6. The van der Waals surface area contributed by atoms with Gasteiger partial charge in [-0.15, -0.1) is 0 Å². The highest BCUT2D eigenvalue weighted by atomic mass is 32.1. The number of thiazole rings is 1. The van der Waals surface area contributed by atoms with Gasteiger partial charge in [-0.3, -0.25) is 19.5 Å².